The number of aromatic nitrogens is 1. The lowest BCUT2D eigenvalue weighted by Crippen LogP contribution is -2.34. The minimum atomic E-state index is -0.746. The molecule has 0 radical (unpaired) electrons. The highest BCUT2D eigenvalue weighted by molar-refractivity contribution is 5.81. The second kappa shape index (κ2) is 5.41. The van der Waals surface area contributed by atoms with E-state index in [1.165, 1.54) is 6.42 Å². The third-order valence-electron chi connectivity index (χ3n) is 3.41. The van der Waals surface area contributed by atoms with Gasteiger partial charge in [0.05, 0.1) is 5.60 Å². The fourth-order valence-electron chi connectivity index (χ4n) is 2.52. The molecule has 0 aromatic carbocycles. The molecule has 1 aromatic heterocycles. The number of ketones is 1. The molecule has 0 amide bonds. The maximum absolute atomic E-state index is 11.9. The molecule has 0 saturated heterocycles. The van der Waals surface area contributed by atoms with E-state index >= 15 is 0 Å². The van der Waals surface area contributed by atoms with Gasteiger partial charge in [-0.2, -0.15) is 0 Å². The first-order chi connectivity index (χ1) is 8.18. The quantitative estimate of drug-likeness (QED) is 0.868. The van der Waals surface area contributed by atoms with Gasteiger partial charge in [0.15, 0.2) is 0 Å². The zero-order valence-electron chi connectivity index (χ0n) is 10.1. The van der Waals surface area contributed by atoms with Crippen LogP contribution in [-0.4, -0.2) is 21.5 Å². The molecular weight excluding hydrogens is 214 g/mol. The fourth-order valence-corrected chi connectivity index (χ4v) is 2.52. The second-order valence-corrected chi connectivity index (χ2v) is 5.00. The average Bonchev–Trinajstić information content (AvgIpc) is 2.30. The van der Waals surface area contributed by atoms with Gasteiger partial charge >= 0.3 is 0 Å². The topological polar surface area (TPSA) is 50.2 Å². The van der Waals surface area contributed by atoms with E-state index in [4.69, 9.17) is 0 Å². The van der Waals surface area contributed by atoms with Crippen molar-refractivity contribution in [2.24, 2.45) is 0 Å². The molecule has 92 valence electrons. The lowest BCUT2D eigenvalue weighted by molar-refractivity contribution is -0.124. The summed E-state index contributed by atoms with van der Waals surface area (Å²) in [6, 6.07) is 5.57. The number of hydrogen-bond acceptors (Lipinski definition) is 3. The molecular formula is C14H19NO2. The maximum Gasteiger partial charge on any atom is 0.141 e. The van der Waals surface area contributed by atoms with Gasteiger partial charge in [0.1, 0.15) is 5.78 Å². The van der Waals surface area contributed by atoms with Crippen LogP contribution in [0.25, 0.3) is 0 Å². The molecule has 3 nitrogen and oxygen atoms in total. The molecule has 1 heterocycles. The van der Waals surface area contributed by atoms with Crippen LogP contribution in [0.1, 0.15) is 44.2 Å². The molecule has 2 rings (SSSR count). The van der Waals surface area contributed by atoms with E-state index in [9.17, 15) is 9.90 Å². The minimum Gasteiger partial charge on any atom is -0.389 e. The summed E-state index contributed by atoms with van der Waals surface area (Å²) in [5.74, 6) is 0.0908. The summed E-state index contributed by atoms with van der Waals surface area (Å²) in [7, 11) is 0. The third kappa shape index (κ3) is 3.63. The van der Waals surface area contributed by atoms with Gasteiger partial charge in [0.25, 0.3) is 0 Å². The van der Waals surface area contributed by atoms with Gasteiger partial charge < -0.3 is 5.11 Å². The number of carbonyl (C=O) groups is 1. The van der Waals surface area contributed by atoms with E-state index in [0.29, 0.717) is 6.42 Å². The monoisotopic (exact) mass is 233 g/mol. The van der Waals surface area contributed by atoms with Crippen molar-refractivity contribution in [3.63, 3.8) is 0 Å². The van der Waals surface area contributed by atoms with Crippen LogP contribution in [0.5, 0.6) is 0 Å². The Labute approximate surface area is 102 Å². The van der Waals surface area contributed by atoms with Crippen LogP contribution >= 0.6 is 0 Å². The summed E-state index contributed by atoms with van der Waals surface area (Å²) < 4.78 is 0. The molecule has 0 unspecified atom stereocenters. The van der Waals surface area contributed by atoms with Crippen molar-refractivity contribution in [3.05, 3.63) is 30.1 Å². The van der Waals surface area contributed by atoms with E-state index in [-0.39, 0.29) is 12.2 Å². The van der Waals surface area contributed by atoms with E-state index < -0.39 is 5.60 Å². The van der Waals surface area contributed by atoms with E-state index in [1.807, 2.05) is 18.2 Å². The molecule has 1 aromatic rings. The molecule has 17 heavy (non-hydrogen) atoms. The second-order valence-electron chi connectivity index (χ2n) is 5.00. The number of nitrogens with zero attached hydrogens (tertiary/aromatic N) is 1. The summed E-state index contributed by atoms with van der Waals surface area (Å²) in [6.07, 6.45) is 7.09. The summed E-state index contributed by atoms with van der Waals surface area (Å²) in [5.41, 5.74) is 0.0429. The molecule has 1 fully saturated rings. The Bertz CT molecular complexity index is 369. The van der Waals surface area contributed by atoms with E-state index in [2.05, 4.69) is 4.98 Å². The van der Waals surface area contributed by atoms with Crippen molar-refractivity contribution in [2.75, 3.05) is 0 Å². The van der Waals surface area contributed by atoms with Crippen LogP contribution in [0, 0.1) is 0 Å². The van der Waals surface area contributed by atoms with Gasteiger partial charge in [0.2, 0.25) is 0 Å². The van der Waals surface area contributed by atoms with Crippen LogP contribution in [0.15, 0.2) is 24.4 Å². The molecule has 0 spiro atoms. The van der Waals surface area contributed by atoms with E-state index in [1.54, 1.807) is 6.20 Å². The number of hydrogen-bond donors (Lipinski definition) is 1. The Hall–Kier alpha value is -1.22. The smallest absolute Gasteiger partial charge is 0.141 e. The zero-order chi connectivity index (χ0) is 12.1. The van der Waals surface area contributed by atoms with Crippen molar-refractivity contribution < 1.29 is 9.90 Å². The molecule has 0 aliphatic heterocycles. The lowest BCUT2D eigenvalue weighted by Gasteiger charge is -2.31. The molecule has 1 aliphatic carbocycles. The fraction of sp³-hybridized carbons (Fsp3) is 0.571. The van der Waals surface area contributed by atoms with Gasteiger partial charge in [-0.25, -0.2) is 0 Å². The van der Waals surface area contributed by atoms with Crippen LogP contribution in [0.4, 0.5) is 0 Å². The van der Waals surface area contributed by atoms with Gasteiger partial charge in [-0.1, -0.05) is 25.3 Å². The Morgan fingerprint density at radius 1 is 1.29 bits per heavy atom. The van der Waals surface area contributed by atoms with Gasteiger partial charge in [-0.05, 0) is 25.0 Å². The van der Waals surface area contributed by atoms with Crippen LogP contribution < -0.4 is 0 Å². The molecule has 0 atom stereocenters. The first-order valence-corrected chi connectivity index (χ1v) is 6.32. The number of Topliss-reactive ketones (excluding diaryl/α,β-unsaturated/α-hetero) is 1. The van der Waals surface area contributed by atoms with Crippen LogP contribution in [0.2, 0.25) is 0 Å². The minimum absolute atomic E-state index is 0.0908. The van der Waals surface area contributed by atoms with Crippen molar-refractivity contribution in [1.29, 1.82) is 0 Å². The normalized spacial score (nSPS) is 18.9. The molecule has 1 N–H and O–H groups in total. The molecule has 1 saturated carbocycles. The highest BCUT2D eigenvalue weighted by Crippen LogP contribution is 2.31. The maximum atomic E-state index is 11.9. The average molecular weight is 233 g/mol. The first kappa shape index (κ1) is 12.2. The lowest BCUT2D eigenvalue weighted by atomic mass is 9.81. The molecule has 3 heteroatoms. The summed E-state index contributed by atoms with van der Waals surface area (Å²) >= 11 is 0. The van der Waals surface area contributed by atoms with Crippen molar-refractivity contribution in [2.45, 2.75) is 50.5 Å². The highest BCUT2D eigenvalue weighted by atomic mass is 16.3. The predicted molar refractivity (Wildman–Crippen MR) is 65.6 cm³/mol. The van der Waals surface area contributed by atoms with Gasteiger partial charge in [-0.3, -0.25) is 9.78 Å². The van der Waals surface area contributed by atoms with Crippen molar-refractivity contribution >= 4 is 5.78 Å². The van der Waals surface area contributed by atoms with E-state index in [0.717, 1.165) is 31.4 Å². The van der Waals surface area contributed by atoms with Crippen LogP contribution in [0.3, 0.4) is 0 Å². The van der Waals surface area contributed by atoms with Crippen molar-refractivity contribution in [3.8, 4) is 0 Å². The standard InChI is InChI=1S/C14H19NO2/c16-13(10-12-6-2-5-9-15-12)11-14(17)7-3-1-4-8-14/h2,5-6,9,17H,1,3-4,7-8,10-11H2. The Morgan fingerprint density at radius 3 is 2.71 bits per heavy atom. The van der Waals surface area contributed by atoms with Gasteiger partial charge in [-0.15, -0.1) is 0 Å². The first-order valence-electron chi connectivity index (χ1n) is 6.32. The number of carbonyl (C=O) groups excluding carboxylic acids is 1. The summed E-state index contributed by atoms with van der Waals surface area (Å²) in [4.78, 5) is 16.0. The largest absolute Gasteiger partial charge is 0.389 e. The Kier molecular flexibility index (Phi) is 3.89. The third-order valence-corrected chi connectivity index (χ3v) is 3.41. The van der Waals surface area contributed by atoms with Crippen LogP contribution in [-0.2, 0) is 11.2 Å². The number of aliphatic hydroxyl groups is 1. The Morgan fingerprint density at radius 2 is 2.06 bits per heavy atom. The highest BCUT2D eigenvalue weighted by Gasteiger charge is 2.31. The Balaban J connectivity index is 1.88. The molecule has 0 bridgehead atoms. The predicted octanol–water partition coefficient (Wildman–Crippen LogP) is 2.28. The summed E-state index contributed by atoms with van der Waals surface area (Å²) in [6.45, 7) is 0. The van der Waals surface area contributed by atoms with Crippen molar-refractivity contribution in [1.82, 2.24) is 4.98 Å². The number of pyridine rings is 1. The van der Waals surface area contributed by atoms with Gasteiger partial charge in [0, 0.05) is 24.7 Å². The molecule has 1 aliphatic rings. The SMILES string of the molecule is O=C(Cc1ccccn1)CC1(O)CCCCC1. The number of rotatable bonds is 4. The summed E-state index contributed by atoms with van der Waals surface area (Å²) in [5, 5.41) is 10.3. The zero-order valence-corrected chi connectivity index (χ0v) is 10.1.